The first kappa shape index (κ1) is 24.8. The maximum absolute atomic E-state index is 13.8. The number of alkyl halides is 3. The Morgan fingerprint density at radius 2 is 1.86 bits per heavy atom. The molecule has 2 fully saturated rings. The highest BCUT2D eigenvalue weighted by atomic mass is 32.2. The molecule has 2 saturated heterocycles. The first-order valence-electron chi connectivity index (χ1n) is 12.8. The van der Waals surface area contributed by atoms with E-state index in [1.54, 1.807) is 0 Å². The zero-order valence-corrected chi connectivity index (χ0v) is 21.2. The lowest BCUT2D eigenvalue weighted by Crippen LogP contribution is -2.41. The van der Waals surface area contributed by atoms with E-state index in [1.807, 2.05) is 0 Å². The van der Waals surface area contributed by atoms with Crippen molar-refractivity contribution >= 4 is 23.1 Å². The molecule has 0 saturated carbocycles. The molecule has 2 aromatic carbocycles. The van der Waals surface area contributed by atoms with Gasteiger partial charge in [0.15, 0.2) is 0 Å². The lowest BCUT2D eigenvalue weighted by Gasteiger charge is -2.34. The fourth-order valence-electron chi connectivity index (χ4n) is 5.63. The number of nitrogens with one attached hydrogen (secondary N) is 1. The maximum Gasteiger partial charge on any atom is 0.416 e. The zero-order chi connectivity index (χ0) is 24.6. The number of fused-ring (bicyclic) bond motifs is 2. The molecule has 0 amide bonds. The largest absolute Gasteiger partial charge is 0.416 e. The van der Waals surface area contributed by atoms with E-state index >= 15 is 0 Å². The molecule has 3 aliphatic heterocycles. The van der Waals surface area contributed by atoms with E-state index in [1.165, 1.54) is 48.0 Å². The van der Waals surface area contributed by atoms with Crippen LogP contribution < -0.4 is 16.0 Å². The van der Waals surface area contributed by atoms with E-state index in [0.29, 0.717) is 24.6 Å². The maximum atomic E-state index is 13.8. The van der Waals surface area contributed by atoms with Crippen LogP contribution in [0.25, 0.3) is 0 Å². The fourth-order valence-corrected chi connectivity index (χ4v) is 6.81. The molecule has 4 nitrogen and oxygen atoms in total. The number of piperidine rings is 2. The minimum Gasteiger partial charge on any atom is -0.382 e. The summed E-state index contributed by atoms with van der Waals surface area (Å²) >= 11 is 1.49. The van der Waals surface area contributed by atoms with E-state index in [9.17, 15) is 13.2 Å². The summed E-state index contributed by atoms with van der Waals surface area (Å²) < 4.78 is 41.5. The number of benzene rings is 2. The molecule has 1 atom stereocenters. The summed E-state index contributed by atoms with van der Waals surface area (Å²) in [5.41, 5.74) is 9.10. The number of halogens is 3. The number of likely N-dealkylation sites (tertiary alicyclic amines) is 1. The van der Waals surface area contributed by atoms with Crippen LogP contribution in [0.3, 0.4) is 0 Å². The fraction of sp³-hybridized carbons (Fsp3) is 0.556. The highest BCUT2D eigenvalue weighted by Crippen LogP contribution is 2.46. The Kier molecular flexibility index (Phi) is 7.24. The summed E-state index contributed by atoms with van der Waals surface area (Å²) in [6.45, 7) is 7.71. The molecule has 0 spiro atoms. The van der Waals surface area contributed by atoms with Crippen LogP contribution in [0.1, 0.15) is 49.3 Å². The van der Waals surface area contributed by atoms with Gasteiger partial charge in [-0.3, -0.25) is 0 Å². The predicted molar refractivity (Wildman–Crippen MR) is 138 cm³/mol. The van der Waals surface area contributed by atoms with Crippen molar-refractivity contribution in [3.05, 3.63) is 47.0 Å². The number of hydrogen-bond donors (Lipinski definition) is 2. The van der Waals surface area contributed by atoms with Crippen molar-refractivity contribution in [2.75, 3.05) is 49.5 Å². The van der Waals surface area contributed by atoms with Crippen molar-refractivity contribution in [1.29, 1.82) is 0 Å². The highest BCUT2D eigenvalue weighted by molar-refractivity contribution is 7.99. The number of nitrogens with two attached hydrogens (primary N) is 1. The number of nitrogens with zero attached hydrogens (tertiary/aromatic N) is 2. The molecule has 190 valence electrons. The minimum atomic E-state index is -4.37. The number of rotatable bonds is 5. The lowest BCUT2D eigenvalue weighted by atomic mass is 9.97. The second kappa shape index (κ2) is 10.2. The Morgan fingerprint density at radius 1 is 1.06 bits per heavy atom. The second-order valence-corrected chi connectivity index (χ2v) is 11.4. The van der Waals surface area contributed by atoms with Crippen molar-refractivity contribution in [2.24, 2.45) is 11.7 Å². The SMILES string of the molecule is CC1CCCN(c2ccc3c(c2)Sc2cc(C(F)(F)F)cc(NC4CCN(CCN)CC4)c2C3)C1. The van der Waals surface area contributed by atoms with Crippen LogP contribution in [0, 0.1) is 5.92 Å². The molecule has 0 aliphatic carbocycles. The topological polar surface area (TPSA) is 44.5 Å². The van der Waals surface area contributed by atoms with Crippen LogP contribution in [-0.4, -0.2) is 50.2 Å². The Labute approximate surface area is 210 Å². The van der Waals surface area contributed by atoms with Crippen LogP contribution in [0.2, 0.25) is 0 Å². The number of hydrogen-bond acceptors (Lipinski definition) is 5. The third-order valence-corrected chi connectivity index (χ3v) is 8.77. The van der Waals surface area contributed by atoms with Gasteiger partial charge in [0.2, 0.25) is 0 Å². The molecule has 0 aromatic heterocycles. The van der Waals surface area contributed by atoms with E-state index in [2.05, 4.69) is 40.2 Å². The van der Waals surface area contributed by atoms with Gasteiger partial charge in [0, 0.05) is 72.9 Å². The predicted octanol–water partition coefficient (Wildman–Crippen LogP) is 5.83. The van der Waals surface area contributed by atoms with Crippen LogP contribution >= 0.6 is 11.8 Å². The van der Waals surface area contributed by atoms with Crippen molar-refractivity contribution in [1.82, 2.24) is 4.90 Å². The van der Waals surface area contributed by atoms with Crippen molar-refractivity contribution in [3.8, 4) is 0 Å². The molecule has 1 unspecified atom stereocenters. The quantitative estimate of drug-likeness (QED) is 0.458. The number of anilines is 2. The summed E-state index contributed by atoms with van der Waals surface area (Å²) in [5, 5.41) is 3.50. The van der Waals surface area contributed by atoms with Crippen LogP contribution in [0.5, 0.6) is 0 Å². The molecular formula is C27H35F3N4S. The molecule has 0 radical (unpaired) electrons. The molecule has 35 heavy (non-hydrogen) atoms. The summed E-state index contributed by atoms with van der Waals surface area (Å²) in [5.74, 6) is 0.665. The van der Waals surface area contributed by atoms with E-state index < -0.39 is 11.7 Å². The van der Waals surface area contributed by atoms with E-state index in [4.69, 9.17) is 5.73 Å². The zero-order valence-electron chi connectivity index (χ0n) is 20.3. The second-order valence-electron chi connectivity index (χ2n) is 10.3. The summed E-state index contributed by atoms with van der Waals surface area (Å²) in [6.07, 6.45) is 0.539. The highest BCUT2D eigenvalue weighted by Gasteiger charge is 2.34. The Hall–Kier alpha value is -1.90. The Balaban J connectivity index is 1.40. The van der Waals surface area contributed by atoms with Gasteiger partial charge in [-0.25, -0.2) is 0 Å². The average molecular weight is 505 g/mol. The first-order chi connectivity index (χ1) is 16.8. The molecular weight excluding hydrogens is 469 g/mol. The van der Waals surface area contributed by atoms with Gasteiger partial charge in [-0.05, 0) is 67.0 Å². The molecule has 8 heteroatoms. The minimum absolute atomic E-state index is 0.173. The average Bonchev–Trinajstić information content (AvgIpc) is 2.83. The van der Waals surface area contributed by atoms with E-state index in [-0.39, 0.29) is 6.04 Å². The first-order valence-corrected chi connectivity index (χ1v) is 13.6. The van der Waals surface area contributed by atoms with Crippen molar-refractivity contribution in [3.63, 3.8) is 0 Å². The molecule has 3 aliphatic rings. The smallest absolute Gasteiger partial charge is 0.382 e. The van der Waals surface area contributed by atoms with Gasteiger partial charge in [-0.2, -0.15) is 13.2 Å². The van der Waals surface area contributed by atoms with Gasteiger partial charge in [0.05, 0.1) is 5.56 Å². The van der Waals surface area contributed by atoms with Gasteiger partial charge >= 0.3 is 6.18 Å². The van der Waals surface area contributed by atoms with E-state index in [0.717, 1.165) is 60.9 Å². The molecule has 5 rings (SSSR count). The van der Waals surface area contributed by atoms with Crippen LogP contribution in [0.4, 0.5) is 24.5 Å². The normalized spacial score (nSPS) is 21.5. The monoisotopic (exact) mass is 504 g/mol. The van der Waals surface area contributed by atoms with Gasteiger partial charge < -0.3 is 20.9 Å². The molecule has 3 heterocycles. The Morgan fingerprint density at radius 3 is 2.57 bits per heavy atom. The summed E-state index contributed by atoms with van der Waals surface area (Å²) in [7, 11) is 0. The van der Waals surface area contributed by atoms with Crippen molar-refractivity contribution < 1.29 is 13.2 Å². The van der Waals surface area contributed by atoms with Crippen LogP contribution in [0.15, 0.2) is 40.1 Å². The third-order valence-electron chi connectivity index (χ3n) is 7.59. The third kappa shape index (κ3) is 5.59. The summed E-state index contributed by atoms with van der Waals surface area (Å²) in [6, 6.07) is 9.38. The molecule has 0 bridgehead atoms. The standard InChI is InChI=1S/C27H35F3N4S/c1-18-3-2-9-34(17-18)22-5-4-19-13-23-24(32-21-6-10-33(11-7-21)12-8-31)14-20(27(28,29)30)15-26(23)35-25(19)16-22/h4-5,14-16,18,21,32H,2-3,6-13,17,31H2,1H3. The molecule has 2 aromatic rings. The van der Waals surface area contributed by atoms with Crippen molar-refractivity contribution in [2.45, 2.75) is 61.0 Å². The van der Waals surface area contributed by atoms with Gasteiger partial charge in [-0.1, -0.05) is 24.8 Å². The van der Waals surface area contributed by atoms with Gasteiger partial charge in [0.25, 0.3) is 0 Å². The van der Waals surface area contributed by atoms with Crippen LogP contribution in [-0.2, 0) is 12.6 Å². The van der Waals surface area contributed by atoms with Gasteiger partial charge in [-0.15, -0.1) is 0 Å². The lowest BCUT2D eigenvalue weighted by molar-refractivity contribution is -0.137. The Bertz CT molecular complexity index is 1050. The van der Waals surface area contributed by atoms with Gasteiger partial charge in [0.1, 0.15) is 0 Å². The summed E-state index contributed by atoms with van der Waals surface area (Å²) in [4.78, 5) is 6.54. The molecule has 3 N–H and O–H groups in total.